The zero-order valence-electron chi connectivity index (χ0n) is 14.4. The Hall–Kier alpha value is -2.82. The van der Waals surface area contributed by atoms with Crippen LogP contribution in [0.5, 0.6) is 5.75 Å². The Labute approximate surface area is 152 Å². The number of carboxylic acid groups (broad SMARTS) is 1. The van der Waals surface area contributed by atoms with Crippen LogP contribution in [0.2, 0.25) is 0 Å². The van der Waals surface area contributed by atoms with Crippen molar-refractivity contribution in [2.24, 2.45) is 5.92 Å². The number of nitrogens with zero attached hydrogens (tertiary/aromatic N) is 1. The van der Waals surface area contributed by atoms with Gasteiger partial charge in [0.15, 0.2) is 6.04 Å². The first-order valence-corrected chi connectivity index (χ1v) is 8.98. The van der Waals surface area contributed by atoms with Crippen LogP contribution in [0, 0.1) is 5.92 Å². The van der Waals surface area contributed by atoms with Gasteiger partial charge in [0.25, 0.3) is 5.91 Å². The van der Waals surface area contributed by atoms with E-state index in [1.165, 1.54) is 17.7 Å². The predicted molar refractivity (Wildman–Crippen MR) is 96.2 cm³/mol. The molecule has 1 heterocycles. The minimum Gasteiger partial charge on any atom is -0.493 e. The maximum absolute atomic E-state index is 12.9. The molecule has 1 unspecified atom stereocenters. The third-order valence-corrected chi connectivity index (χ3v) is 5.06. The molecular formula is C21H21NO4. The molecule has 1 saturated carbocycles. The van der Waals surface area contributed by atoms with Crippen LogP contribution in [0.4, 0.5) is 0 Å². The van der Waals surface area contributed by atoms with Crippen molar-refractivity contribution in [3.05, 3.63) is 65.2 Å². The Morgan fingerprint density at radius 1 is 1.08 bits per heavy atom. The van der Waals surface area contributed by atoms with Gasteiger partial charge in [0, 0.05) is 12.1 Å². The van der Waals surface area contributed by atoms with Gasteiger partial charge in [0.05, 0.1) is 6.61 Å². The lowest BCUT2D eigenvalue weighted by atomic mass is 9.92. The highest BCUT2D eigenvalue weighted by Gasteiger charge is 2.36. The number of ether oxygens (including phenoxy) is 1. The normalized spacial score (nSPS) is 18.9. The number of carbonyl (C=O) groups excluding carboxylic acids is 1. The van der Waals surface area contributed by atoms with E-state index in [0.717, 1.165) is 17.9 Å². The first kappa shape index (κ1) is 16.6. The van der Waals surface area contributed by atoms with Gasteiger partial charge in [0.2, 0.25) is 0 Å². The topological polar surface area (TPSA) is 66.8 Å². The zero-order chi connectivity index (χ0) is 18.1. The van der Waals surface area contributed by atoms with E-state index >= 15 is 0 Å². The van der Waals surface area contributed by atoms with E-state index in [4.69, 9.17) is 4.74 Å². The van der Waals surface area contributed by atoms with Crippen LogP contribution in [0.25, 0.3) is 0 Å². The van der Waals surface area contributed by atoms with E-state index in [9.17, 15) is 14.7 Å². The van der Waals surface area contributed by atoms with Crippen LogP contribution >= 0.6 is 0 Å². The van der Waals surface area contributed by atoms with Crippen molar-refractivity contribution >= 4 is 11.9 Å². The maximum atomic E-state index is 12.9. The highest BCUT2D eigenvalue weighted by atomic mass is 16.5. The number of hydrogen-bond acceptors (Lipinski definition) is 3. The number of amides is 1. The van der Waals surface area contributed by atoms with Gasteiger partial charge in [-0.15, -0.1) is 0 Å². The summed E-state index contributed by atoms with van der Waals surface area (Å²) in [5, 5.41) is 9.71. The van der Waals surface area contributed by atoms with Crippen LogP contribution in [0.1, 0.15) is 40.4 Å². The Kier molecular flexibility index (Phi) is 4.37. The number of hydrogen-bond donors (Lipinski definition) is 1. The molecule has 0 aromatic heterocycles. The number of aliphatic carboxylic acids is 1. The molecule has 1 N–H and O–H groups in total. The first-order valence-electron chi connectivity index (χ1n) is 8.98. The fourth-order valence-electron chi connectivity index (χ4n) is 3.41. The van der Waals surface area contributed by atoms with Crippen LogP contribution in [0.15, 0.2) is 48.5 Å². The molecular weight excluding hydrogens is 330 g/mol. The highest BCUT2D eigenvalue weighted by molar-refractivity contribution is 5.97. The Morgan fingerprint density at radius 3 is 2.50 bits per heavy atom. The van der Waals surface area contributed by atoms with Gasteiger partial charge in [-0.2, -0.15) is 0 Å². The second-order valence-corrected chi connectivity index (χ2v) is 6.97. The van der Waals surface area contributed by atoms with Crippen molar-refractivity contribution in [2.75, 3.05) is 13.2 Å². The number of fused-ring (bicyclic) bond motifs is 1. The van der Waals surface area contributed by atoms with Gasteiger partial charge in [-0.25, -0.2) is 4.79 Å². The van der Waals surface area contributed by atoms with Crippen molar-refractivity contribution in [1.82, 2.24) is 4.90 Å². The second kappa shape index (κ2) is 6.83. The quantitative estimate of drug-likeness (QED) is 0.897. The van der Waals surface area contributed by atoms with Gasteiger partial charge in [0.1, 0.15) is 5.75 Å². The molecule has 1 fully saturated rings. The first-order chi connectivity index (χ1) is 12.6. The van der Waals surface area contributed by atoms with Crippen LogP contribution in [-0.2, 0) is 11.2 Å². The fourth-order valence-corrected chi connectivity index (χ4v) is 3.41. The molecule has 0 spiro atoms. The molecule has 5 heteroatoms. The summed E-state index contributed by atoms with van der Waals surface area (Å²) in [7, 11) is 0. The summed E-state index contributed by atoms with van der Waals surface area (Å²) in [6, 6.07) is 13.5. The lowest BCUT2D eigenvalue weighted by molar-refractivity contribution is -0.143. The Balaban J connectivity index is 1.54. The van der Waals surface area contributed by atoms with E-state index in [1.54, 1.807) is 30.3 Å². The molecule has 2 aromatic carbocycles. The highest BCUT2D eigenvalue weighted by Crippen LogP contribution is 2.32. The summed E-state index contributed by atoms with van der Waals surface area (Å²) in [6.45, 7) is 1.12. The van der Waals surface area contributed by atoms with Gasteiger partial charge in [-0.05, 0) is 60.6 Å². The Morgan fingerprint density at radius 2 is 1.81 bits per heavy atom. The zero-order valence-corrected chi connectivity index (χ0v) is 14.4. The molecule has 0 radical (unpaired) electrons. The summed E-state index contributed by atoms with van der Waals surface area (Å²) in [5.74, 6) is 0.142. The van der Waals surface area contributed by atoms with Gasteiger partial charge in [-0.1, -0.05) is 24.3 Å². The van der Waals surface area contributed by atoms with Gasteiger partial charge < -0.3 is 14.7 Å². The van der Waals surface area contributed by atoms with Crippen LogP contribution < -0.4 is 4.74 Å². The third kappa shape index (κ3) is 3.29. The standard InChI is InChI=1S/C21H21NO4/c23-20(16-7-9-17(10-8-16)26-13-14-5-6-14)22-12-11-15-3-1-2-4-18(15)19(22)21(24)25/h1-4,7-10,14,19H,5-6,11-13H2,(H,24,25). The summed E-state index contributed by atoms with van der Waals surface area (Å²) in [5.41, 5.74) is 2.17. The molecule has 1 aliphatic carbocycles. The average Bonchev–Trinajstić information content (AvgIpc) is 3.49. The lowest BCUT2D eigenvalue weighted by Gasteiger charge is -2.34. The number of carbonyl (C=O) groups is 2. The number of benzene rings is 2. The van der Waals surface area contributed by atoms with Crippen molar-refractivity contribution in [3.8, 4) is 5.75 Å². The number of carboxylic acids is 1. The molecule has 0 saturated heterocycles. The summed E-state index contributed by atoms with van der Waals surface area (Å²) in [6.07, 6.45) is 3.11. The molecule has 0 bridgehead atoms. The van der Waals surface area contributed by atoms with Crippen LogP contribution in [0.3, 0.4) is 0 Å². The van der Waals surface area contributed by atoms with Crippen molar-refractivity contribution < 1.29 is 19.4 Å². The van der Waals surface area contributed by atoms with E-state index in [-0.39, 0.29) is 5.91 Å². The van der Waals surface area contributed by atoms with E-state index in [2.05, 4.69) is 0 Å². The lowest BCUT2D eigenvalue weighted by Crippen LogP contribution is -2.43. The summed E-state index contributed by atoms with van der Waals surface area (Å²) in [4.78, 5) is 26.2. The van der Waals surface area contributed by atoms with E-state index in [0.29, 0.717) is 30.0 Å². The largest absolute Gasteiger partial charge is 0.493 e. The molecule has 2 aromatic rings. The van der Waals surface area contributed by atoms with Gasteiger partial charge >= 0.3 is 5.97 Å². The van der Waals surface area contributed by atoms with E-state index in [1.807, 2.05) is 18.2 Å². The Bertz CT molecular complexity index is 826. The molecule has 1 atom stereocenters. The predicted octanol–water partition coefficient (Wildman–Crippen LogP) is 3.30. The molecule has 5 nitrogen and oxygen atoms in total. The van der Waals surface area contributed by atoms with E-state index < -0.39 is 12.0 Å². The van der Waals surface area contributed by atoms with Gasteiger partial charge in [-0.3, -0.25) is 4.79 Å². The number of rotatable bonds is 5. The molecule has 4 rings (SSSR count). The minimum absolute atomic E-state index is 0.263. The minimum atomic E-state index is -1.00. The fraction of sp³-hybridized carbons (Fsp3) is 0.333. The molecule has 2 aliphatic rings. The SMILES string of the molecule is O=C(O)C1c2ccccc2CCN1C(=O)c1ccc(OCC2CC2)cc1. The molecule has 1 aliphatic heterocycles. The second-order valence-electron chi connectivity index (χ2n) is 6.97. The molecule has 26 heavy (non-hydrogen) atoms. The summed E-state index contributed by atoms with van der Waals surface area (Å²) < 4.78 is 5.70. The summed E-state index contributed by atoms with van der Waals surface area (Å²) >= 11 is 0. The molecule has 134 valence electrons. The smallest absolute Gasteiger partial charge is 0.331 e. The van der Waals surface area contributed by atoms with Crippen molar-refractivity contribution in [1.29, 1.82) is 0 Å². The van der Waals surface area contributed by atoms with Crippen molar-refractivity contribution in [2.45, 2.75) is 25.3 Å². The van der Waals surface area contributed by atoms with Crippen LogP contribution in [-0.4, -0.2) is 35.0 Å². The average molecular weight is 351 g/mol. The third-order valence-electron chi connectivity index (χ3n) is 5.06. The molecule has 1 amide bonds. The van der Waals surface area contributed by atoms with Crippen molar-refractivity contribution in [3.63, 3.8) is 0 Å². The monoisotopic (exact) mass is 351 g/mol. The maximum Gasteiger partial charge on any atom is 0.331 e.